The second-order valence-corrected chi connectivity index (χ2v) is 6.62. The van der Waals surface area contributed by atoms with Gasteiger partial charge < -0.3 is 10.5 Å². The number of carbonyl (C=O) groups is 1. The van der Waals surface area contributed by atoms with E-state index in [1.54, 1.807) is 43.5 Å². The van der Waals surface area contributed by atoms with Crippen LogP contribution in [-0.2, 0) is 12.5 Å². The van der Waals surface area contributed by atoms with Gasteiger partial charge in [0.2, 0.25) is 5.91 Å². The number of hydrogen-bond acceptors (Lipinski definition) is 3. The largest absolute Gasteiger partial charge is 0.488 e. The second-order valence-electron chi connectivity index (χ2n) is 6.62. The monoisotopic (exact) mass is 382 g/mol. The van der Waals surface area contributed by atoms with Crippen molar-refractivity contribution in [3.63, 3.8) is 0 Å². The summed E-state index contributed by atoms with van der Waals surface area (Å²) in [6.45, 7) is 2.77. The first-order chi connectivity index (χ1) is 13.3. The average Bonchev–Trinajstić information content (AvgIpc) is 2.66. The third-order valence-corrected chi connectivity index (χ3v) is 4.37. The molecule has 2 N–H and O–H groups in total. The summed E-state index contributed by atoms with van der Waals surface area (Å²) in [6, 6.07) is 15.0. The zero-order valence-corrected chi connectivity index (χ0v) is 15.6. The van der Waals surface area contributed by atoms with Crippen molar-refractivity contribution in [3.05, 3.63) is 83.0 Å². The van der Waals surface area contributed by atoms with E-state index in [0.29, 0.717) is 11.3 Å². The summed E-state index contributed by atoms with van der Waals surface area (Å²) in [5.74, 6) is -3.32. The van der Waals surface area contributed by atoms with Gasteiger partial charge >= 0.3 is 0 Å². The van der Waals surface area contributed by atoms with E-state index in [1.165, 1.54) is 12.1 Å². The number of para-hydroxylation sites is 1. The number of aryl methyl sites for hydroxylation is 1. The van der Waals surface area contributed by atoms with Crippen LogP contribution in [0.1, 0.15) is 34.0 Å². The van der Waals surface area contributed by atoms with Gasteiger partial charge in [-0.2, -0.15) is 0 Å². The Kier molecular flexibility index (Phi) is 5.40. The van der Waals surface area contributed by atoms with Crippen LogP contribution in [0.2, 0.25) is 0 Å². The number of halogens is 2. The molecular formula is C22H20F2N2O2. The fraction of sp³-hybridized carbons (Fsp3) is 0.182. The normalized spacial score (nSPS) is 11.3. The van der Waals surface area contributed by atoms with Crippen LogP contribution in [0.5, 0.6) is 5.75 Å². The molecule has 0 bridgehead atoms. The maximum absolute atomic E-state index is 13.7. The van der Waals surface area contributed by atoms with Gasteiger partial charge in [-0.1, -0.05) is 18.2 Å². The van der Waals surface area contributed by atoms with Crippen LogP contribution in [0.4, 0.5) is 8.78 Å². The molecule has 1 aromatic heterocycles. The van der Waals surface area contributed by atoms with Gasteiger partial charge in [-0.3, -0.25) is 9.78 Å². The molecule has 0 saturated carbocycles. The highest BCUT2D eigenvalue weighted by atomic mass is 19.3. The first kappa shape index (κ1) is 19.5. The molecule has 0 aliphatic carbocycles. The highest BCUT2D eigenvalue weighted by Crippen LogP contribution is 2.34. The van der Waals surface area contributed by atoms with Gasteiger partial charge in [0.15, 0.2) is 0 Å². The van der Waals surface area contributed by atoms with Crippen molar-refractivity contribution in [1.29, 1.82) is 0 Å². The molecule has 6 heteroatoms. The Morgan fingerprint density at radius 2 is 1.89 bits per heavy atom. The summed E-state index contributed by atoms with van der Waals surface area (Å²) in [7, 11) is 0. The molecule has 1 amide bonds. The molecule has 0 radical (unpaired) electrons. The van der Waals surface area contributed by atoms with E-state index >= 15 is 0 Å². The van der Waals surface area contributed by atoms with Gasteiger partial charge in [0.1, 0.15) is 12.4 Å². The number of ether oxygens (including phenoxy) is 1. The van der Waals surface area contributed by atoms with Gasteiger partial charge in [-0.15, -0.1) is 0 Å². The van der Waals surface area contributed by atoms with E-state index < -0.39 is 11.8 Å². The van der Waals surface area contributed by atoms with Gasteiger partial charge in [0.25, 0.3) is 5.92 Å². The molecule has 0 unspecified atom stereocenters. The zero-order valence-electron chi connectivity index (χ0n) is 15.6. The molecule has 4 nitrogen and oxygen atoms in total. The van der Waals surface area contributed by atoms with Crippen molar-refractivity contribution >= 4 is 5.91 Å². The Labute approximate surface area is 162 Å². The highest BCUT2D eigenvalue weighted by Gasteiger charge is 2.28. The molecule has 2 aromatic carbocycles. The van der Waals surface area contributed by atoms with Crippen LogP contribution in [0.25, 0.3) is 11.3 Å². The van der Waals surface area contributed by atoms with Gasteiger partial charge in [-0.05, 0) is 54.4 Å². The van der Waals surface area contributed by atoms with E-state index in [0.717, 1.165) is 23.6 Å². The standard InChI is InChI=1S/C22H20F2N2O2/c1-14-11-16(7-8-17(14)21(25)27)19-12-15(9-10-26-19)13-28-20-6-4-3-5-18(20)22(2,23)24/h3-12H,13H2,1-2H3,(H2,25,27). The lowest BCUT2D eigenvalue weighted by Crippen LogP contribution is -2.12. The topological polar surface area (TPSA) is 65.2 Å². The molecule has 28 heavy (non-hydrogen) atoms. The Hall–Kier alpha value is -3.28. The number of nitrogens with zero attached hydrogens (tertiary/aromatic N) is 1. The Balaban J connectivity index is 1.82. The minimum Gasteiger partial charge on any atom is -0.488 e. The number of primary amides is 1. The number of carbonyl (C=O) groups excluding carboxylic acids is 1. The molecule has 144 valence electrons. The van der Waals surface area contributed by atoms with E-state index in [4.69, 9.17) is 10.5 Å². The van der Waals surface area contributed by atoms with E-state index in [2.05, 4.69) is 4.98 Å². The van der Waals surface area contributed by atoms with E-state index in [1.807, 2.05) is 12.1 Å². The maximum Gasteiger partial charge on any atom is 0.274 e. The lowest BCUT2D eigenvalue weighted by Gasteiger charge is -2.16. The highest BCUT2D eigenvalue weighted by molar-refractivity contribution is 5.94. The SMILES string of the molecule is Cc1cc(-c2cc(COc3ccccc3C(C)(F)F)ccn2)ccc1C(N)=O. The first-order valence-corrected chi connectivity index (χ1v) is 8.71. The molecule has 0 spiro atoms. The van der Waals surface area contributed by atoms with Crippen molar-refractivity contribution in [2.24, 2.45) is 5.73 Å². The lowest BCUT2D eigenvalue weighted by atomic mass is 10.0. The second kappa shape index (κ2) is 7.76. The third kappa shape index (κ3) is 4.34. The lowest BCUT2D eigenvalue weighted by molar-refractivity contribution is 0.0142. The third-order valence-electron chi connectivity index (χ3n) is 4.37. The molecule has 0 aliphatic rings. The van der Waals surface area contributed by atoms with Crippen LogP contribution in [0.3, 0.4) is 0 Å². The summed E-state index contributed by atoms with van der Waals surface area (Å²) in [5, 5.41) is 0. The number of hydrogen-bond donors (Lipinski definition) is 1. The molecule has 0 atom stereocenters. The van der Waals surface area contributed by atoms with Crippen LogP contribution < -0.4 is 10.5 Å². The quantitative estimate of drug-likeness (QED) is 0.663. The van der Waals surface area contributed by atoms with Crippen molar-refractivity contribution in [2.75, 3.05) is 0 Å². The van der Waals surface area contributed by atoms with Crippen molar-refractivity contribution in [2.45, 2.75) is 26.4 Å². The number of aromatic nitrogens is 1. The molecule has 0 saturated heterocycles. The Bertz CT molecular complexity index is 1010. The number of alkyl halides is 2. The molecule has 0 aliphatic heterocycles. The van der Waals surface area contributed by atoms with E-state index in [9.17, 15) is 13.6 Å². The molecule has 3 aromatic rings. The predicted molar refractivity (Wildman–Crippen MR) is 103 cm³/mol. The summed E-state index contributed by atoms with van der Waals surface area (Å²) >= 11 is 0. The number of rotatable bonds is 6. The minimum atomic E-state index is -2.99. The van der Waals surface area contributed by atoms with Crippen molar-refractivity contribution < 1.29 is 18.3 Å². The number of nitrogens with two attached hydrogens (primary N) is 1. The molecule has 3 rings (SSSR count). The summed E-state index contributed by atoms with van der Waals surface area (Å²) < 4.78 is 33.1. The minimum absolute atomic E-state index is 0.126. The van der Waals surface area contributed by atoms with Gasteiger partial charge in [-0.25, -0.2) is 8.78 Å². The van der Waals surface area contributed by atoms with E-state index in [-0.39, 0.29) is 17.9 Å². The fourth-order valence-electron chi connectivity index (χ4n) is 2.94. The molecule has 0 fully saturated rings. The summed E-state index contributed by atoms with van der Waals surface area (Å²) in [5.41, 5.74) is 8.71. The molecular weight excluding hydrogens is 362 g/mol. The van der Waals surface area contributed by atoms with Crippen LogP contribution in [0, 0.1) is 6.92 Å². The fourth-order valence-corrected chi connectivity index (χ4v) is 2.94. The van der Waals surface area contributed by atoms with Crippen LogP contribution >= 0.6 is 0 Å². The number of pyridine rings is 1. The van der Waals surface area contributed by atoms with Gasteiger partial charge in [0, 0.05) is 24.2 Å². The van der Waals surface area contributed by atoms with Crippen LogP contribution in [-0.4, -0.2) is 10.9 Å². The van der Waals surface area contributed by atoms with Crippen molar-refractivity contribution in [3.8, 4) is 17.0 Å². The molecule has 1 heterocycles. The maximum atomic E-state index is 13.7. The average molecular weight is 382 g/mol. The van der Waals surface area contributed by atoms with Crippen molar-refractivity contribution in [1.82, 2.24) is 4.98 Å². The first-order valence-electron chi connectivity index (χ1n) is 8.71. The number of amides is 1. The van der Waals surface area contributed by atoms with Gasteiger partial charge in [0.05, 0.1) is 11.3 Å². The smallest absolute Gasteiger partial charge is 0.274 e. The van der Waals surface area contributed by atoms with Crippen LogP contribution in [0.15, 0.2) is 60.8 Å². The zero-order chi connectivity index (χ0) is 20.3. The Morgan fingerprint density at radius 3 is 2.57 bits per heavy atom. The summed E-state index contributed by atoms with van der Waals surface area (Å²) in [6.07, 6.45) is 1.63. The Morgan fingerprint density at radius 1 is 1.14 bits per heavy atom. The summed E-state index contributed by atoms with van der Waals surface area (Å²) in [4.78, 5) is 15.7. The predicted octanol–water partition coefficient (Wildman–Crippen LogP) is 4.85. The number of benzene rings is 2.